The van der Waals surface area contributed by atoms with Crippen LogP contribution in [0.15, 0.2) is 24.3 Å². The number of hydrogen-bond donors (Lipinski definition) is 0. The Bertz CT molecular complexity index is 391. The van der Waals surface area contributed by atoms with E-state index in [9.17, 15) is 0 Å². The van der Waals surface area contributed by atoms with Gasteiger partial charge >= 0.3 is 0 Å². The summed E-state index contributed by atoms with van der Waals surface area (Å²) in [4.78, 5) is 0. The lowest BCUT2D eigenvalue weighted by molar-refractivity contribution is 0.547. The van der Waals surface area contributed by atoms with E-state index in [1.54, 1.807) is 11.1 Å². The van der Waals surface area contributed by atoms with E-state index in [0.29, 0.717) is 0 Å². The van der Waals surface area contributed by atoms with Crippen molar-refractivity contribution in [3.8, 4) is 0 Å². The minimum Gasteiger partial charge on any atom is -0.0785 e. The van der Waals surface area contributed by atoms with Crippen molar-refractivity contribution in [2.24, 2.45) is 5.41 Å². The molecule has 0 nitrogen and oxygen atoms in total. The van der Waals surface area contributed by atoms with Crippen LogP contribution in [0.1, 0.15) is 50.3 Å². The van der Waals surface area contributed by atoms with Crippen LogP contribution in [-0.4, -0.2) is 0 Å². The Morgan fingerprint density at radius 1 is 1.00 bits per heavy atom. The third-order valence-electron chi connectivity index (χ3n) is 3.15. The summed E-state index contributed by atoms with van der Waals surface area (Å²) in [7, 11) is 0. The van der Waals surface area contributed by atoms with E-state index in [0.717, 1.165) is 0 Å². The van der Waals surface area contributed by atoms with E-state index in [2.05, 4.69) is 51.1 Å². The second-order valence-electron chi connectivity index (χ2n) is 5.93. The van der Waals surface area contributed by atoms with Gasteiger partial charge in [0, 0.05) is 0 Å². The van der Waals surface area contributed by atoms with Crippen molar-refractivity contribution in [3.63, 3.8) is 0 Å². The van der Waals surface area contributed by atoms with Crippen LogP contribution in [0, 0.1) is 5.41 Å². The van der Waals surface area contributed by atoms with Gasteiger partial charge < -0.3 is 0 Å². The first kappa shape index (κ1) is 11.4. The smallest absolute Gasteiger partial charge is 0.0200 e. The van der Waals surface area contributed by atoms with Crippen molar-refractivity contribution in [1.82, 2.24) is 0 Å². The Morgan fingerprint density at radius 3 is 2.38 bits per heavy atom. The summed E-state index contributed by atoms with van der Waals surface area (Å²) >= 11 is 0. The highest BCUT2D eigenvalue weighted by Crippen LogP contribution is 2.24. The van der Waals surface area contributed by atoms with Crippen LogP contribution >= 0.6 is 0 Å². The molecular weight excluding hydrogens is 192 g/mol. The first-order chi connectivity index (χ1) is 7.54. The fourth-order valence-corrected chi connectivity index (χ4v) is 2.20. The number of allylic oxidation sites excluding steroid dienone is 1. The average molecular weight is 214 g/mol. The zero-order valence-corrected chi connectivity index (χ0v) is 10.7. The standard InChI is InChI=1S/C16H22/c1-16(2,3)11-10-13-8-9-14-6-4-5-7-15(14)12-13/h8-12H,4-7H2,1-3H3/b11-10+. The molecule has 16 heavy (non-hydrogen) atoms. The molecule has 0 saturated heterocycles. The van der Waals surface area contributed by atoms with Crippen LogP contribution in [-0.2, 0) is 12.8 Å². The van der Waals surface area contributed by atoms with Crippen LogP contribution in [0.3, 0.4) is 0 Å². The normalized spacial score (nSPS) is 16.4. The van der Waals surface area contributed by atoms with E-state index in [4.69, 9.17) is 0 Å². The highest BCUT2D eigenvalue weighted by atomic mass is 14.1. The third-order valence-corrected chi connectivity index (χ3v) is 3.15. The quantitative estimate of drug-likeness (QED) is 0.639. The summed E-state index contributed by atoms with van der Waals surface area (Å²) in [6, 6.07) is 6.94. The molecule has 0 unspecified atom stereocenters. The summed E-state index contributed by atoms with van der Waals surface area (Å²) in [5.74, 6) is 0. The largest absolute Gasteiger partial charge is 0.0785 e. The number of benzene rings is 1. The van der Waals surface area contributed by atoms with E-state index < -0.39 is 0 Å². The van der Waals surface area contributed by atoms with Gasteiger partial charge in [-0.05, 0) is 47.8 Å². The maximum Gasteiger partial charge on any atom is -0.0200 e. The fourth-order valence-electron chi connectivity index (χ4n) is 2.20. The van der Waals surface area contributed by atoms with E-state index in [1.165, 1.54) is 31.2 Å². The molecule has 0 N–H and O–H groups in total. The van der Waals surface area contributed by atoms with Gasteiger partial charge in [-0.3, -0.25) is 0 Å². The lowest BCUT2D eigenvalue weighted by Crippen LogP contribution is -2.02. The molecule has 0 atom stereocenters. The van der Waals surface area contributed by atoms with Crippen LogP contribution in [0.25, 0.3) is 6.08 Å². The number of aryl methyl sites for hydroxylation is 2. The number of hydrogen-bond acceptors (Lipinski definition) is 0. The van der Waals surface area contributed by atoms with Crippen LogP contribution < -0.4 is 0 Å². The molecule has 0 saturated carbocycles. The van der Waals surface area contributed by atoms with Crippen LogP contribution in [0.5, 0.6) is 0 Å². The van der Waals surface area contributed by atoms with Gasteiger partial charge in [-0.2, -0.15) is 0 Å². The average Bonchev–Trinajstić information content (AvgIpc) is 2.25. The van der Waals surface area contributed by atoms with Crippen LogP contribution in [0.4, 0.5) is 0 Å². The Hall–Kier alpha value is -1.04. The molecule has 0 fully saturated rings. The summed E-state index contributed by atoms with van der Waals surface area (Å²) in [6.45, 7) is 6.71. The maximum absolute atomic E-state index is 2.37. The van der Waals surface area contributed by atoms with Gasteiger partial charge in [-0.25, -0.2) is 0 Å². The van der Waals surface area contributed by atoms with Gasteiger partial charge in [0.05, 0.1) is 0 Å². The number of rotatable bonds is 1. The van der Waals surface area contributed by atoms with E-state index in [-0.39, 0.29) is 5.41 Å². The van der Waals surface area contributed by atoms with Crippen molar-refractivity contribution in [2.75, 3.05) is 0 Å². The van der Waals surface area contributed by atoms with Crippen LogP contribution in [0.2, 0.25) is 0 Å². The van der Waals surface area contributed by atoms with Crippen molar-refractivity contribution in [3.05, 3.63) is 41.0 Å². The predicted octanol–water partition coefficient (Wildman–Crippen LogP) is 4.62. The zero-order valence-electron chi connectivity index (χ0n) is 10.7. The molecule has 1 aliphatic rings. The highest BCUT2D eigenvalue weighted by Gasteiger charge is 2.09. The Morgan fingerprint density at radius 2 is 1.69 bits per heavy atom. The molecule has 0 radical (unpaired) electrons. The van der Waals surface area contributed by atoms with Gasteiger partial charge in [0.15, 0.2) is 0 Å². The Kier molecular flexibility index (Phi) is 3.18. The van der Waals surface area contributed by atoms with E-state index in [1.807, 2.05) is 0 Å². The fraction of sp³-hybridized carbons (Fsp3) is 0.500. The van der Waals surface area contributed by atoms with Gasteiger partial charge in [-0.15, -0.1) is 0 Å². The number of fused-ring (bicyclic) bond motifs is 1. The molecule has 0 amide bonds. The van der Waals surface area contributed by atoms with Gasteiger partial charge in [0.2, 0.25) is 0 Å². The molecule has 1 aromatic carbocycles. The molecule has 2 rings (SSSR count). The molecule has 0 heteroatoms. The minimum absolute atomic E-state index is 0.274. The monoisotopic (exact) mass is 214 g/mol. The molecule has 0 heterocycles. The molecule has 0 spiro atoms. The molecular formula is C16H22. The lowest BCUT2D eigenvalue weighted by Gasteiger charge is -2.16. The second-order valence-corrected chi connectivity index (χ2v) is 5.93. The zero-order chi connectivity index (χ0) is 11.6. The van der Waals surface area contributed by atoms with Gasteiger partial charge in [-0.1, -0.05) is 51.1 Å². The van der Waals surface area contributed by atoms with Crippen molar-refractivity contribution >= 4 is 6.08 Å². The summed E-state index contributed by atoms with van der Waals surface area (Å²) in [6.07, 6.45) is 9.82. The molecule has 0 bridgehead atoms. The molecule has 0 aliphatic heterocycles. The Balaban J connectivity index is 2.21. The van der Waals surface area contributed by atoms with Crippen molar-refractivity contribution in [1.29, 1.82) is 0 Å². The highest BCUT2D eigenvalue weighted by molar-refractivity contribution is 5.53. The van der Waals surface area contributed by atoms with Gasteiger partial charge in [0.1, 0.15) is 0 Å². The minimum atomic E-state index is 0.274. The van der Waals surface area contributed by atoms with Gasteiger partial charge in [0.25, 0.3) is 0 Å². The summed E-state index contributed by atoms with van der Waals surface area (Å²) in [5, 5.41) is 0. The maximum atomic E-state index is 2.37. The van der Waals surface area contributed by atoms with Crippen molar-refractivity contribution < 1.29 is 0 Å². The Labute approximate surface area is 99.4 Å². The summed E-state index contributed by atoms with van der Waals surface area (Å²) in [5.41, 5.74) is 4.77. The van der Waals surface area contributed by atoms with E-state index >= 15 is 0 Å². The third kappa shape index (κ3) is 2.98. The SMILES string of the molecule is CC(C)(C)/C=C/c1ccc2c(c1)CCCC2. The predicted molar refractivity (Wildman–Crippen MR) is 71.6 cm³/mol. The first-order valence-electron chi connectivity index (χ1n) is 6.36. The first-order valence-corrected chi connectivity index (χ1v) is 6.36. The second kappa shape index (κ2) is 4.45. The lowest BCUT2D eigenvalue weighted by atomic mass is 9.89. The topological polar surface area (TPSA) is 0 Å². The molecule has 0 aromatic heterocycles. The molecule has 1 aliphatic carbocycles. The molecule has 1 aromatic rings. The summed E-state index contributed by atoms with van der Waals surface area (Å²) < 4.78 is 0. The molecule has 86 valence electrons. The van der Waals surface area contributed by atoms with Crippen molar-refractivity contribution in [2.45, 2.75) is 46.5 Å².